The van der Waals surface area contributed by atoms with Crippen LogP contribution in [0.5, 0.6) is 0 Å². The van der Waals surface area contributed by atoms with E-state index in [4.69, 9.17) is 0 Å². The van der Waals surface area contributed by atoms with Crippen molar-refractivity contribution in [3.8, 4) is 0 Å². The standard InChI is InChI=1S/C16H16N2O2/c1-12(17-18-15-6-4-3-5-7-15)13-8-10-14(11-9-13)16(19)20-2/h3-11,18H,1-2H3/b17-12+. The van der Waals surface area contributed by atoms with Crippen LogP contribution in [-0.2, 0) is 4.74 Å². The number of anilines is 1. The lowest BCUT2D eigenvalue weighted by atomic mass is 10.1. The molecule has 2 aromatic carbocycles. The molecule has 4 nitrogen and oxygen atoms in total. The molecular formula is C16H16N2O2. The lowest BCUT2D eigenvalue weighted by molar-refractivity contribution is 0.0600. The third kappa shape index (κ3) is 3.45. The number of esters is 1. The average Bonchev–Trinajstić information content (AvgIpc) is 2.53. The molecule has 0 spiro atoms. The van der Waals surface area contributed by atoms with E-state index in [0.717, 1.165) is 17.0 Å². The van der Waals surface area contributed by atoms with Crippen LogP contribution < -0.4 is 5.43 Å². The summed E-state index contributed by atoms with van der Waals surface area (Å²) in [7, 11) is 1.37. The highest BCUT2D eigenvalue weighted by Crippen LogP contribution is 2.09. The van der Waals surface area contributed by atoms with Crippen molar-refractivity contribution in [1.29, 1.82) is 0 Å². The van der Waals surface area contributed by atoms with E-state index in [2.05, 4.69) is 15.3 Å². The van der Waals surface area contributed by atoms with Crippen molar-refractivity contribution in [1.82, 2.24) is 0 Å². The van der Waals surface area contributed by atoms with Crippen LogP contribution in [0.25, 0.3) is 0 Å². The summed E-state index contributed by atoms with van der Waals surface area (Å²) in [4.78, 5) is 11.3. The molecule has 0 aliphatic rings. The number of methoxy groups -OCH3 is 1. The van der Waals surface area contributed by atoms with Crippen molar-refractivity contribution in [2.24, 2.45) is 5.10 Å². The van der Waals surface area contributed by atoms with E-state index in [-0.39, 0.29) is 5.97 Å². The maximum absolute atomic E-state index is 11.3. The Labute approximate surface area is 118 Å². The molecule has 20 heavy (non-hydrogen) atoms. The van der Waals surface area contributed by atoms with Gasteiger partial charge in [-0.1, -0.05) is 30.3 Å². The second kappa shape index (κ2) is 6.52. The van der Waals surface area contributed by atoms with E-state index < -0.39 is 0 Å². The largest absolute Gasteiger partial charge is 0.465 e. The van der Waals surface area contributed by atoms with Gasteiger partial charge in [0.05, 0.1) is 24.1 Å². The molecule has 1 N–H and O–H groups in total. The van der Waals surface area contributed by atoms with Gasteiger partial charge in [0.2, 0.25) is 0 Å². The summed E-state index contributed by atoms with van der Waals surface area (Å²) in [5.41, 5.74) is 6.23. The number of benzene rings is 2. The molecule has 0 fully saturated rings. The van der Waals surface area contributed by atoms with Crippen molar-refractivity contribution < 1.29 is 9.53 Å². The molecule has 2 aromatic rings. The summed E-state index contributed by atoms with van der Waals surface area (Å²) < 4.78 is 4.66. The van der Waals surface area contributed by atoms with Crippen LogP contribution in [0.3, 0.4) is 0 Å². The normalized spacial score (nSPS) is 11.0. The molecule has 0 unspecified atom stereocenters. The number of hydrazone groups is 1. The fourth-order valence-electron chi connectivity index (χ4n) is 1.69. The van der Waals surface area contributed by atoms with Gasteiger partial charge in [-0.3, -0.25) is 5.43 Å². The zero-order valence-electron chi connectivity index (χ0n) is 11.5. The Bertz CT molecular complexity index is 604. The Hall–Kier alpha value is -2.62. The number of rotatable bonds is 4. The first kappa shape index (κ1) is 13.8. The smallest absolute Gasteiger partial charge is 0.337 e. The first-order valence-corrected chi connectivity index (χ1v) is 6.25. The van der Waals surface area contributed by atoms with Crippen LogP contribution in [0.1, 0.15) is 22.8 Å². The topological polar surface area (TPSA) is 50.7 Å². The molecule has 0 aromatic heterocycles. The minimum absolute atomic E-state index is 0.339. The zero-order chi connectivity index (χ0) is 14.4. The number of nitrogens with one attached hydrogen (secondary N) is 1. The summed E-state index contributed by atoms with van der Waals surface area (Å²) in [5, 5.41) is 4.31. The number of carbonyl (C=O) groups excluding carboxylic acids is 1. The molecule has 102 valence electrons. The van der Waals surface area contributed by atoms with Crippen molar-refractivity contribution >= 4 is 17.4 Å². The summed E-state index contributed by atoms with van der Waals surface area (Å²) in [6.45, 7) is 1.91. The molecule has 0 bridgehead atoms. The van der Waals surface area contributed by atoms with Gasteiger partial charge in [0.25, 0.3) is 0 Å². The maximum atomic E-state index is 11.3. The van der Waals surface area contributed by atoms with Crippen molar-refractivity contribution in [3.05, 3.63) is 65.7 Å². The predicted octanol–water partition coefficient (Wildman–Crippen LogP) is 3.31. The molecule has 2 rings (SSSR count). The van der Waals surface area contributed by atoms with Gasteiger partial charge in [0.1, 0.15) is 0 Å². The SMILES string of the molecule is COC(=O)c1ccc(/C(C)=N/Nc2ccccc2)cc1. The average molecular weight is 268 g/mol. The summed E-state index contributed by atoms with van der Waals surface area (Å²) in [5.74, 6) is -0.339. The van der Waals surface area contributed by atoms with E-state index >= 15 is 0 Å². The minimum Gasteiger partial charge on any atom is -0.465 e. The second-order valence-electron chi connectivity index (χ2n) is 4.24. The molecule has 0 aliphatic carbocycles. The number of hydrogen-bond donors (Lipinski definition) is 1. The zero-order valence-corrected chi connectivity index (χ0v) is 11.5. The fourth-order valence-corrected chi connectivity index (χ4v) is 1.69. The van der Waals surface area contributed by atoms with E-state index in [0.29, 0.717) is 5.56 Å². The van der Waals surface area contributed by atoms with Crippen LogP contribution >= 0.6 is 0 Å². The van der Waals surface area contributed by atoms with Crippen LogP contribution in [0, 0.1) is 0 Å². The van der Waals surface area contributed by atoms with Gasteiger partial charge in [0, 0.05) is 0 Å². The van der Waals surface area contributed by atoms with E-state index in [1.54, 1.807) is 12.1 Å². The molecule has 0 saturated heterocycles. The van der Waals surface area contributed by atoms with Gasteiger partial charge in [-0.25, -0.2) is 4.79 Å². The highest BCUT2D eigenvalue weighted by atomic mass is 16.5. The van der Waals surface area contributed by atoms with Crippen LogP contribution in [-0.4, -0.2) is 18.8 Å². The van der Waals surface area contributed by atoms with Gasteiger partial charge in [-0.05, 0) is 36.8 Å². The monoisotopic (exact) mass is 268 g/mol. The van der Waals surface area contributed by atoms with Crippen molar-refractivity contribution in [2.45, 2.75) is 6.92 Å². The Morgan fingerprint density at radius 3 is 2.20 bits per heavy atom. The Morgan fingerprint density at radius 2 is 1.60 bits per heavy atom. The van der Waals surface area contributed by atoms with Crippen LogP contribution in [0.2, 0.25) is 0 Å². The number of ether oxygens (including phenoxy) is 1. The van der Waals surface area contributed by atoms with Crippen molar-refractivity contribution in [3.63, 3.8) is 0 Å². The highest BCUT2D eigenvalue weighted by molar-refractivity contribution is 6.00. The molecular weight excluding hydrogens is 252 g/mol. The van der Waals surface area contributed by atoms with Crippen molar-refractivity contribution in [2.75, 3.05) is 12.5 Å². The van der Waals surface area contributed by atoms with Gasteiger partial charge < -0.3 is 4.74 Å². The lowest BCUT2D eigenvalue weighted by Crippen LogP contribution is -2.03. The van der Waals surface area contributed by atoms with Crippen LogP contribution in [0.15, 0.2) is 59.7 Å². The Balaban J connectivity index is 2.09. The van der Waals surface area contributed by atoms with Crippen LogP contribution in [0.4, 0.5) is 5.69 Å². The number of carbonyl (C=O) groups is 1. The number of nitrogens with zero attached hydrogens (tertiary/aromatic N) is 1. The second-order valence-corrected chi connectivity index (χ2v) is 4.24. The molecule has 0 atom stereocenters. The first-order chi connectivity index (χ1) is 9.70. The quantitative estimate of drug-likeness (QED) is 0.526. The van der Waals surface area contributed by atoms with Gasteiger partial charge >= 0.3 is 5.97 Å². The fraction of sp³-hybridized carbons (Fsp3) is 0.125. The maximum Gasteiger partial charge on any atom is 0.337 e. The van der Waals surface area contributed by atoms with Gasteiger partial charge in [-0.2, -0.15) is 5.10 Å². The van der Waals surface area contributed by atoms with Gasteiger partial charge in [-0.15, -0.1) is 0 Å². The minimum atomic E-state index is -0.339. The van der Waals surface area contributed by atoms with E-state index in [1.807, 2.05) is 49.4 Å². The summed E-state index contributed by atoms with van der Waals surface area (Å²) >= 11 is 0. The Morgan fingerprint density at radius 1 is 1.00 bits per heavy atom. The molecule has 0 heterocycles. The van der Waals surface area contributed by atoms with E-state index in [1.165, 1.54) is 7.11 Å². The summed E-state index contributed by atoms with van der Waals surface area (Å²) in [6, 6.07) is 16.9. The molecule has 0 aliphatic heterocycles. The highest BCUT2D eigenvalue weighted by Gasteiger charge is 2.05. The first-order valence-electron chi connectivity index (χ1n) is 6.25. The predicted molar refractivity (Wildman–Crippen MR) is 80.1 cm³/mol. The number of para-hydroxylation sites is 1. The van der Waals surface area contributed by atoms with Gasteiger partial charge in [0.15, 0.2) is 0 Å². The molecule has 0 saturated carbocycles. The molecule has 4 heteroatoms. The van der Waals surface area contributed by atoms with E-state index in [9.17, 15) is 4.79 Å². The lowest BCUT2D eigenvalue weighted by Gasteiger charge is -2.04. The molecule has 0 amide bonds. The number of hydrogen-bond acceptors (Lipinski definition) is 4. The molecule has 0 radical (unpaired) electrons. The third-order valence-corrected chi connectivity index (χ3v) is 2.85. The summed E-state index contributed by atoms with van der Waals surface area (Å²) in [6.07, 6.45) is 0. The Kier molecular flexibility index (Phi) is 4.50. The third-order valence-electron chi connectivity index (χ3n) is 2.85.